The molecule has 0 unspecified atom stereocenters. The Hall–Kier alpha value is -1.65. The van der Waals surface area contributed by atoms with Gasteiger partial charge in [0.05, 0.1) is 10.2 Å². The summed E-state index contributed by atoms with van der Waals surface area (Å²) in [5, 5.41) is 0.624. The zero-order valence-corrected chi connectivity index (χ0v) is 11.0. The molecule has 0 saturated heterocycles. The monoisotopic (exact) mass is 271 g/mol. The van der Waals surface area contributed by atoms with Crippen molar-refractivity contribution in [1.82, 2.24) is 4.98 Å². The van der Waals surface area contributed by atoms with Gasteiger partial charge in [-0.25, -0.2) is 4.98 Å². The van der Waals surface area contributed by atoms with Gasteiger partial charge in [0.2, 0.25) is 5.12 Å². The van der Waals surface area contributed by atoms with Gasteiger partial charge in [-0.1, -0.05) is 30.3 Å². The van der Waals surface area contributed by atoms with E-state index in [1.54, 1.807) is 17.4 Å². The standard InChI is InChI=1S/C14H9NOS2/c16-14(17)10-6-2-1-5-9(10)13-15-11-7-3-4-8-12(11)18-13/h1-8H,(H,16,17). The number of para-hydroxylation sites is 1. The number of carbonyl (C=O) groups is 1. The summed E-state index contributed by atoms with van der Waals surface area (Å²) in [7, 11) is 0. The van der Waals surface area contributed by atoms with Gasteiger partial charge in [-0.05, 0) is 18.2 Å². The molecule has 0 bridgehead atoms. The summed E-state index contributed by atoms with van der Waals surface area (Å²) in [6.45, 7) is 0. The molecule has 4 heteroatoms. The van der Waals surface area contributed by atoms with Gasteiger partial charge in [-0.2, -0.15) is 0 Å². The van der Waals surface area contributed by atoms with Crippen molar-refractivity contribution in [1.29, 1.82) is 0 Å². The fourth-order valence-electron chi connectivity index (χ4n) is 1.84. The predicted octanol–water partition coefficient (Wildman–Crippen LogP) is 4.03. The molecule has 1 aromatic heterocycles. The maximum Gasteiger partial charge on any atom is 0.217 e. The second-order valence-corrected chi connectivity index (χ2v) is 5.27. The van der Waals surface area contributed by atoms with E-state index in [0.29, 0.717) is 5.56 Å². The normalized spacial score (nSPS) is 10.7. The summed E-state index contributed by atoms with van der Waals surface area (Å²) >= 11 is 5.49. The van der Waals surface area contributed by atoms with Crippen LogP contribution in [0, 0.1) is 0 Å². The van der Waals surface area contributed by atoms with Crippen LogP contribution in [0.15, 0.2) is 48.5 Å². The summed E-state index contributed by atoms with van der Waals surface area (Å²) in [5.74, 6) is 0. The van der Waals surface area contributed by atoms with Gasteiger partial charge < -0.3 is 0 Å². The predicted molar refractivity (Wildman–Crippen MR) is 78.4 cm³/mol. The maximum absolute atomic E-state index is 11.5. The van der Waals surface area contributed by atoms with Crippen LogP contribution in [0.25, 0.3) is 20.8 Å². The Bertz CT molecular complexity index is 700. The third-order valence-corrected chi connectivity index (χ3v) is 3.99. The van der Waals surface area contributed by atoms with Gasteiger partial charge >= 0.3 is 0 Å². The van der Waals surface area contributed by atoms with E-state index in [1.165, 1.54) is 0 Å². The largest absolute Gasteiger partial charge is 0.282 e. The molecule has 0 amide bonds. The zero-order chi connectivity index (χ0) is 12.5. The molecule has 2 nitrogen and oxygen atoms in total. The number of hydrogen-bond donors (Lipinski definition) is 1. The highest BCUT2D eigenvalue weighted by Gasteiger charge is 2.12. The van der Waals surface area contributed by atoms with Crippen LogP contribution in [0.1, 0.15) is 10.4 Å². The number of thiol groups is 1. The lowest BCUT2D eigenvalue weighted by Gasteiger charge is -2.01. The zero-order valence-electron chi connectivity index (χ0n) is 9.33. The van der Waals surface area contributed by atoms with Crippen molar-refractivity contribution in [2.75, 3.05) is 0 Å². The number of benzene rings is 2. The molecule has 1 heterocycles. The van der Waals surface area contributed by atoms with E-state index in [1.807, 2.05) is 42.5 Å². The van der Waals surface area contributed by atoms with Gasteiger partial charge in [0.25, 0.3) is 0 Å². The van der Waals surface area contributed by atoms with Crippen LogP contribution in [0.5, 0.6) is 0 Å². The van der Waals surface area contributed by atoms with E-state index in [0.717, 1.165) is 20.8 Å². The first kappa shape index (κ1) is 11.4. The smallest absolute Gasteiger partial charge is 0.217 e. The SMILES string of the molecule is O=C(S)c1ccccc1-c1nc2ccccc2s1. The molecular formula is C14H9NOS2. The lowest BCUT2D eigenvalue weighted by molar-refractivity contribution is 0.109. The number of nitrogens with zero attached hydrogens (tertiary/aromatic N) is 1. The molecule has 3 aromatic rings. The van der Waals surface area contributed by atoms with Crippen LogP contribution in [0.3, 0.4) is 0 Å². The minimum Gasteiger partial charge on any atom is -0.282 e. The molecule has 18 heavy (non-hydrogen) atoms. The molecule has 0 aliphatic carbocycles. The Balaban J connectivity index is 2.23. The second-order valence-electron chi connectivity index (χ2n) is 3.84. The molecule has 0 saturated carbocycles. The van der Waals surface area contributed by atoms with Crippen LogP contribution in [-0.2, 0) is 0 Å². The minimum atomic E-state index is -0.232. The molecule has 0 radical (unpaired) electrons. The Morgan fingerprint density at radius 2 is 1.78 bits per heavy atom. The molecule has 3 rings (SSSR count). The van der Waals surface area contributed by atoms with Crippen LogP contribution >= 0.6 is 24.0 Å². The number of hydrogen-bond acceptors (Lipinski definition) is 3. The molecule has 0 spiro atoms. The van der Waals surface area contributed by atoms with Crippen LogP contribution in [-0.4, -0.2) is 10.1 Å². The van der Waals surface area contributed by atoms with Crippen LogP contribution in [0.4, 0.5) is 0 Å². The van der Waals surface area contributed by atoms with E-state index in [4.69, 9.17) is 0 Å². The third-order valence-electron chi connectivity index (χ3n) is 2.68. The van der Waals surface area contributed by atoms with E-state index in [2.05, 4.69) is 17.6 Å². The molecule has 0 N–H and O–H groups in total. The fourth-order valence-corrected chi connectivity index (χ4v) is 3.04. The molecule has 0 aliphatic heterocycles. The Morgan fingerprint density at radius 1 is 1.06 bits per heavy atom. The summed E-state index contributed by atoms with van der Waals surface area (Å²) in [5.41, 5.74) is 2.40. The summed E-state index contributed by atoms with van der Waals surface area (Å²) in [6, 6.07) is 15.4. The van der Waals surface area contributed by atoms with Crippen molar-refractivity contribution in [2.45, 2.75) is 0 Å². The first-order valence-corrected chi connectivity index (χ1v) is 6.70. The molecule has 0 atom stereocenters. The number of aromatic nitrogens is 1. The van der Waals surface area contributed by atoms with Gasteiger partial charge in [-0.3, -0.25) is 4.79 Å². The first-order valence-electron chi connectivity index (χ1n) is 5.44. The lowest BCUT2D eigenvalue weighted by Crippen LogP contribution is -1.92. The highest BCUT2D eigenvalue weighted by atomic mass is 32.1. The minimum absolute atomic E-state index is 0.232. The molecule has 0 fully saturated rings. The molecule has 2 aromatic carbocycles. The topological polar surface area (TPSA) is 30.0 Å². The first-order chi connectivity index (χ1) is 8.75. The van der Waals surface area contributed by atoms with Crippen molar-refractivity contribution in [3.05, 3.63) is 54.1 Å². The van der Waals surface area contributed by atoms with Gasteiger partial charge in [0.1, 0.15) is 5.01 Å². The van der Waals surface area contributed by atoms with E-state index in [-0.39, 0.29) is 5.12 Å². The van der Waals surface area contributed by atoms with Crippen LogP contribution < -0.4 is 0 Å². The third kappa shape index (κ3) is 1.94. The lowest BCUT2D eigenvalue weighted by atomic mass is 10.1. The van der Waals surface area contributed by atoms with Gasteiger partial charge in [-0.15, -0.1) is 24.0 Å². The Labute approximate surface area is 114 Å². The van der Waals surface area contributed by atoms with Crippen molar-refractivity contribution in [3.63, 3.8) is 0 Å². The van der Waals surface area contributed by atoms with Gasteiger partial charge in [0, 0.05) is 11.1 Å². The van der Waals surface area contributed by atoms with Crippen LogP contribution in [0.2, 0.25) is 0 Å². The second kappa shape index (κ2) is 4.55. The average molecular weight is 271 g/mol. The molecule has 0 aliphatic rings. The van der Waals surface area contributed by atoms with Gasteiger partial charge in [0.15, 0.2) is 0 Å². The highest BCUT2D eigenvalue weighted by Crippen LogP contribution is 2.32. The van der Waals surface area contributed by atoms with E-state index in [9.17, 15) is 4.79 Å². The molecular weight excluding hydrogens is 262 g/mol. The van der Waals surface area contributed by atoms with E-state index < -0.39 is 0 Å². The number of carbonyl (C=O) groups excluding carboxylic acids is 1. The van der Waals surface area contributed by atoms with Crippen molar-refractivity contribution in [2.24, 2.45) is 0 Å². The summed E-state index contributed by atoms with van der Waals surface area (Å²) in [4.78, 5) is 16.1. The molecule has 88 valence electrons. The highest BCUT2D eigenvalue weighted by molar-refractivity contribution is 7.97. The number of thiazole rings is 1. The average Bonchev–Trinajstić information content (AvgIpc) is 2.82. The Kier molecular flexibility index (Phi) is 2.89. The van der Waals surface area contributed by atoms with E-state index >= 15 is 0 Å². The quantitative estimate of drug-likeness (QED) is 0.713. The van der Waals surface area contributed by atoms with Crippen molar-refractivity contribution in [3.8, 4) is 10.6 Å². The van der Waals surface area contributed by atoms with Crippen molar-refractivity contribution >= 4 is 39.3 Å². The van der Waals surface area contributed by atoms with Crippen molar-refractivity contribution < 1.29 is 4.79 Å². The maximum atomic E-state index is 11.5. The Morgan fingerprint density at radius 3 is 2.56 bits per heavy atom. The number of fused-ring (bicyclic) bond motifs is 1. The summed E-state index contributed by atoms with van der Waals surface area (Å²) < 4.78 is 1.12. The fraction of sp³-hybridized carbons (Fsp3) is 0. The number of rotatable bonds is 2. The summed E-state index contributed by atoms with van der Waals surface area (Å²) in [6.07, 6.45) is 0.